The lowest BCUT2D eigenvalue weighted by molar-refractivity contribution is -0.131. The minimum Gasteiger partial charge on any atom is -0.478 e. The van der Waals surface area contributed by atoms with E-state index >= 15 is 0 Å². The van der Waals surface area contributed by atoms with Gasteiger partial charge in [-0.15, -0.1) is 0 Å². The van der Waals surface area contributed by atoms with E-state index in [1.165, 1.54) is 13.0 Å². The minimum atomic E-state index is -1.06. The van der Waals surface area contributed by atoms with Gasteiger partial charge in [-0.05, 0) is 17.7 Å². The zero-order chi connectivity index (χ0) is 13.8. The number of benzene rings is 2. The second-order valence-electron chi connectivity index (χ2n) is 3.94. The standard InChI is InChI=1S/C15H12O4/c1-10(16)19-13-9-5-8-12(15(17)18)14(13)11-6-3-2-4-7-11/h2-9H,1H3,(H,17,18). The molecule has 0 aliphatic heterocycles. The Morgan fingerprint density at radius 1 is 1.00 bits per heavy atom. The summed E-state index contributed by atoms with van der Waals surface area (Å²) in [4.78, 5) is 22.4. The number of esters is 1. The third-order valence-corrected chi connectivity index (χ3v) is 2.57. The summed E-state index contributed by atoms with van der Waals surface area (Å²) in [6.07, 6.45) is 0. The molecule has 4 heteroatoms. The van der Waals surface area contributed by atoms with Crippen LogP contribution in [0.3, 0.4) is 0 Å². The van der Waals surface area contributed by atoms with Gasteiger partial charge in [0.2, 0.25) is 0 Å². The van der Waals surface area contributed by atoms with Gasteiger partial charge in [-0.1, -0.05) is 36.4 Å². The van der Waals surface area contributed by atoms with Crippen LogP contribution in [0.1, 0.15) is 17.3 Å². The summed E-state index contributed by atoms with van der Waals surface area (Å²) in [7, 11) is 0. The van der Waals surface area contributed by atoms with E-state index in [-0.39, 0.29) is 11.3 Å². The highest BCUT2D eigenvalue weighted by Crippen LogP contribution is 2.33. The molecule has 0 aliphatic rings. The monoisotopic (exact) mass is 256 g/mol. The number of ether oxygens (including phenoxy) is 1. The molecule has 2 aromatic rings. The van der Waals surface area contributed by atoms with Crippen LogP contribution in [-0.4, -0.2) is 17.0 Å². The molecule has 0 bridgehead atoms. The molecule has 0 aliphatic carbocycles. The van der Waals surface area contributed by atoms with Crippen LogP contribution in [0.5, 0.6) is 5.75 Å². The topological polar surface area (TPSA) is 63.6 Å². The highest BCUT2D eigenvalue weighted by Gasteiger charge is 2.17. The van der Waals surface area contributed by atoms with Gasteiger partial charge in [0.1, 0.15) is 5.75 Å². The second-order valence-corrected chi connectivity index (χ2v) is 3.94. The summed E-state index contributed by atoms with van der Waals surface area (Å²) < 4.78 is 5.09. The maximum absolute atomic E-state index is 11.3. The first kappa shape index (κ1) is 12.8. The van der Waals surface area contributed by atoms with E-state index in [9.17, 15) is 14.7 Å². The van der Waals surface area contributed by atoms with Crippen molar-refractivity contribution in [2.24, 2.45) is 0 Å². The summed E-state index contributed by atoms with van der Waals surface area (Å²) in [5, 5.41) is 9.25. The number of hydrogen-bond donors (Lipinski definition) is 1. The van der Waals surface area contributed by atoms with Gasteiger partial charge in [-0.2, -0.15) is 0 Å². The first-order chi connectivity index (χ1) is 9.09. The van der Waals surface area contributed by atoms with E-state index < -0.39 is 11.9 Å². The van der Waals surface area contributed by atoms with Crippen LogP contribution in [0, 0.1) is 0 Å². The maximum Gasteiger partial charge on any atom is 0.336 e. The summed E-state index contributed by atoms with van der Waals surface area (Å²) in [5.74, 6) is -1.30. The molecule has 0 heterocycles. The first-order valence-electron chi connectivity index (χ1n) is 5.69. The smallest absolute Gasteiger partial charge is 0.336 e. The highest BCUT2D eigenvalue weighted by atomic mass is 16.5. The van der Waals surface area contributed by atoms with Gasteiger partial charge >= 0.3 is 11.9 Å². The summed E-state index contributed by atoms with van der Waals surface area (Å²) in [6, 6.07) is 13.6. The zero-order valence-corrected chi connectivity index (χ0v) is 10.3. The average Bonchev–Trinajstić information content (AvgIpc) is 2.38. The zero-order valence-electron chi connectivity index (χ0n) is 10.3. The van der Waals surface area contributed by atoms with Crippen LogP contribution >= 0.6 is 0 Å². The highest BCUT2D eigenvalue weighted by molar-refractivity contribution is 5.98. The van der Waals surface area contributed by atoms with Crippen molar-refractivity contribution in [1.29, 1.82) is 0 Å². The molecular weight excluding hydrogens is 244 g/mol. The Labute approximate surface area is 110 Å². The molecule has 0 unspecified atom stereocenters. The SMILES string of the molecule is CC(=O)Oc1cccc(C(=O)O)c1-c1ccccc1. The van der Waals surface area contributed by atoms with Gasteiger partial charge in [0.15, 0.2) is 0 Å². The Hall–Kier alpha value is -2.62. The number of carboxylic acids is 1. The lowest BCUT2D eigenvalue weighted by atomic mass is 9.98. The van der Waals surface area contributed by atoms with Gasteiger partial charge in [-0.25, -0.2) is 4.79 Å². The Morgan fingerprint density at radius 2 is 1.68 bits per heavy atom. The molecule has 0 fully saturated rings. The molecule has 2 rings (SSSR count). The van der Waals surface area contributed by atoms with Gasteiger partial charge in [0.05, 0.1) is 5.56 Å². The third-order valence-electron chi connectivity index (χ3n) is 2.57. The summed E-state index contributed by atoms with van der Waals surface area (Å²) >= 11 is 0. The molecule has 0 saturated carbocycles. The van der Waals surface area contributed by atoms with Crippen molar-refractivity contribution < 1.29 is 19.4 Å². The normalized spacial score (nSPS) is 9.95. The summed E-state index contributed by atoms with van der Waals surface area (Å²) in [5.41, 5.74) is 1.20. The fourth-order valence-corrected chi connectivity index (χ4v) is 1.85. The van der Waals surface area contributed by atoms with Gasteiger partial charge in [-0.3, -0.25) is 4.79 Å². The van der Waals surface area contributed by atoms with Crippen LogP contribution in [-0.2, 0) is 4.79 Å². The van der Waals surface area contributed by atoms with Crippen LogP contribution in [0.25, 0.3) is 11.1 Å². The van der Waals surface area contributed by atoms with Crippen molar-refractivity contribution in [3.63, 3.8) is 0 Å². The van der Waals surface area contributed by atoms with E-state index in [2.05, 4.69) is 0 Å². The van der Waals surface area contributed by atoms with Crippen molar-refractivity contribution >= 4 is 11.9 Å². The molecule has 0 spiro atoms. The molecule has 19 heavy (non-hydrogen) atoms. The molecular formula is C15H12O4. The van der Waals surface area contributed by atoms with Gasteiger partial charge < -0.3 is 9.84 Å². The van der Waals surface area contributed by atoms with Crippen molar-refractivity contribution in [1.82, 2.24) is 0 Å². The Bertz CT molecular complexity index is 617. The quantitative estimate of drug-likeness (QED) is 0.677. The molecule has 0 amide bonds. The van der Waals surface area contributed by atoms with Crippen LogP contribution < -0.4 is 4.74 Å². The van der Waals surface area contributed by atoms with Gasteiger partial charge in [0.25, 0.3) is 0 Å². The molecule has 0 saturated heterocycles. The maximum atomic E-state index is 11.3. The van der Waals surface area contributed by atoms with Gasteiger partial charge in [0, 0.05) is 12.5 Å². The van der Waals surface area contributed by atoms with Crippen LogP contribution in [0.15, 0.2) is 48.5 Å². The lowest BCUT2D eigenvalue weighted by Gasteiger charge is -2.12. The average molecular weight is 256 g/mol. The van der Waals surface area contributed by atoms with Crippen LogP contribution in [0.2, 0.25) is 0 Å². The Balaban J connectivity index is 2.66. The number of carbonyl (C=O) groups excluding carboxylic acids is 1. The summed E-state index contributed by atoms with van der Waals surface area (Å²) in [6.45, 7) is 1.28. The third kappa shape index (κ3) is 2.80. The van der Waals surface area contributed by atoms with E-state index in [0.29, 0.717) is 11.1 Å². The molecule has 0 radical (unpaired) electrons. The van der Waals surface area contributed by atoms with Crippen molar-refractivity contribution in [2.45, 2.75) is 6.92 Å². The fourth-order valence-electron chi connectivity index (χ4n) is 1.85. The molecule has 2 aromatic carbocycles. The Kier molecular flexibility index (Phi) is 3.61. The molecule has 96 valence electrons. The molecule has 0 aromatic heterocycles. The van der Waals surface area contributed by atoms with E-state index in [4.69, 9.17) is 4.74 Å². The molecule has 1 N–H and O–H groups in total. The second kappa shape index (κ2) is 5.35. The fraction of sp³-hybridized carbons (Fsp3) is 0.0667. The first-order valence-corrected chi connectivity index (χ1v) is 5.69. The largest absolute Gasteiger partial charge is 0.478 e. The van der Waals surface area contributed by atoms with E-state index in [0.717, 1.165) is 0 Å². The number of hydrogen-bond acceptors (Lipinski definition) is 3. The van der Waals surface area contributed by atoms with Crippen molar-refractivity contribution in [2.75, 3.05) is 0 Å². The molecule has 4 nitrogen and oxygen atoms in total. The lowest BCUT2D eigenvalue weighted by Crippen LogP contribution is -2.06. The molecule has 0 atom stereocenters. The predicted octanol–water partition coefficient (Wildman–Crippen LogP) is 2.98. The number of rotatable bonds is 3. The van der Waals surface area contributed by atoms with Crippen LogP contribution in [0.4, 0.5) is 0 Å². The number of aromatic carboxylic acids is 1. The van der Waals surface area contributed by atoms with Crippen molar-refractivity contribution in [3.05, 3.63) is 54.1 Å². The van der Waals surface area contributed by atoms with E-state index in [1.807, 2.05) is 6.07 Å². The van der Waals surface area contributed by atoms with E-state index in [1.54, 1.807) is 36.4 Å². The predicted molar refractivity (Wildman–Crippen MR) is 70.1 cm³/mol. The Morgan fingerprint density at radius 3 is 2.26 bits per heavy atom. The van der Waals surface area contributed by atoms with Crippen molar-refractivity contribution in [3.8, 4) is 16.9 Å². The number of carbonyl (C=O) groups is 2. The minimum absolute atomic E-state index is 0.102. The number of carboxylic acid groups (broad SMARTS) is 1.